The van der Waals surface area contributed by atoms with Crippen molar-refractivity contribution >= 4 is 49.2 Å². The molecule has 4 rings (SSSR count). The largest absolute Gasteiger partial charge is 0.308 e. The van der Waals surface area contributed by atoms with Gasteiger partial charge in [0, 0.05) is 22.0 Å². The Morgan fingerprint density at radius 3 is 2.67 bits per heavy atom. The van der Waals surface area contributed by atoms with Crippen LogP contribution in [0.15, 0.2) is 46.1 Å². The first-order valence-electron chi connectivity index (χ1n) is 10.4. The molecule has 1 atom stereocenters. The zero-order valence-electron chi connectivity index (χ0n) is 18.3. The van der Waals surface area contributed by atoms with E-state index in [2.05, 4.69) is 38.3 Å². The first-order valence-corrected chi connectivity index (χ1v) is 12.0. The molecule has 0 aliphatic carbocycles. The number of hydrogen-bond acceptors (Lipinski definition) is 6. The fraction of sp³-hybridized carbons (Fsp3) is 0.261. The van der Waals surface area contributed by atoms with Gasteiger partial charge in [0.2, 0.25) is 5.91 Å². The third kappa shape index (κ3) is 4.10. The van der Waals surface area contributed by atoms with Crippen LogP contribution in [0.1, 0.15) is 36.8 Å². The fourth-order valence-corrected chi connectivity index (χ4v) is 5.17. The monoisotopic (exact) mass is 524 g/mol. The molecule has 10 heteroatoms. The summed E-state index contributed by atoms with van der Waals surface area (Å²) in [6, 6.07) is 9.04. The Morgan fingerprint density at radius 2 is 2.03 bits per heavy atom. The van der Waals surface area contributed by atoms with Crippen LogP contribution < -0.4 is 10.9 Å². The number of anilines is 1. The second kappa shape index (κ2) is 9.29. The molecule has 0 radical (unpaired) electrons. The zero-order chi connectivity index (χ0) is 23.7. The summed E-state index contributed by atoms with van der Waals surface area (Å²) < 4.78 is 3.76. The number of aryl methyl sites for hydroxylation is 2. The molecular weight excluding hydrogens is 504 g/mol. The summed E-state index contributed by atoms with van der Waals surface area (Å²) >= 11 is 4.96. The minimum atomic E-state index is -0.793. The summed E-state index contributed by atoms with van der Waals surface area (Å²) in [6.45, 7) is 3.88. The van der Waals surface area contributed by atoms with Crippen molar-refractivity contribution in [2.75, 3.05) is 5.32 Å². The lowest BCUT2D eigenvalue weighted by molar-refractivity contribution is -0.119. The highest BCUT2D eigenvalue weighted by molar-refractivity contribution is 9.10. The molecular formula is C23H21BrN6O2S. The van der Waals surface area contributed by atoms with E-state index in [1.807, 2.05) is 37.3 Å². The normalized spacial score (nSPS) is 12.0. The van der Waals surface area contributed by atoms with Crippen LogP contribution in [0, 0.1) is 11.3 Å². The van der Waals surface area contributed by atoms with Crippen LogP contribution in [0.25, 0.3) is 21.3 Å². The molecule has 0 spiro atoms. The van der Waals surface area contributed by atoms with E-state index in [9.17, 15) is 14.9 Å². The quantitative estimate of drug-likeness (QED) is 0.395. The van der Waals surface area contributed by atoms with Gasteiger partial charge in [-0.05, 0) is 30.5 Å². The first-order chi connectivity index (χ1) is 15.9. The van der Waals surface area contributed by atoms with Crippen molar-refractivity contribution in [1.82, 2.24) is 19.3 Å². The van der Waals surface area contributed by atoms with Crippen molar-refractivity contribution in [1.29, 1.82) is 5.26 Å². The molecule has 0 saturated heterocycles. The summed E-state index contributed by atoms with van der Waals surface area (Å²) in [6.07, 6.45) is 3.96. The van der Waals surface area contributed by atoms with Gasteiger partial charge >= 0.3 is 0 Å². The van der Waals surface area contributed by atoms with E-state index in [0.29, 0.717) is 22.5 Å². The van der Waals surface area contributed by atoms with E-state index in [1.165, 1.54) is 33.1 Å². The molecule has 1 aromatic carbocycles. The highest BCUT2D eigenvalue weighted by Crippen LogP contribution is 2.37. The number of carbonyl (C=O) groups is 1. The topological polar surface area (TPSA) is 106 Å². The molecule has 33 heavy (non-hydrogen) atoms. The maximum absolute atomic E-state index is 13.7. The van der Waals surface area contributed by atoms with Crippen LogP contribution in [0.4, 0.5) is 5.82 Å². The van der Waals surface area contributed by atoms with E-state index in [1.54, 1.807) is 7.05 Å². The van der Waals surface area contributed by atoms with Gasteiger partial charge in [-0.3, -0.25) is 18.8 Å². The molecule has 0 saturated carbocycles. The molecule has 0 aliphatic rings. The van der Waals surface area contributed by atoms with Crippen molar-refractivity contribution in [3.05, 3.63) is 62.1 Å². The Balaban J connectivity index is 1.82. The van der Waals surface area contributed by atoms with Gasteiger partial charge in [-0.25, -0.2) is 4.98 Å². The maximum atomic E-state index is 13.7. The fourth-order valence-electron chi connectivity index (χ4n) is 3.82. The van der Waals surface area contributed by atoms with Crippen LogP contribution in [0.5, 0.6) is 0 Å². The van der Waals surface area contributed by atoms with Gasteiger partial charge in [-0.2, -0.15) is 10.4 Å². The highest BCUT2D eigenvalue weighted by Gasteiger charge is 2.25. The smallest absolute Gasteiger partial charge is 0.263 e. The molecule has 168 valence electrons. The minimum Gasteiger partial charge on any atom is -0.308 e. The van der Waals surface area contributed by atoms with Crippen LogP contribution in [-0.4, -0.2) is 25.2 Å². The average molecular weight is 525 g/mol. The highest BCUT2D eigenvalue weighted by atomic mass is 79.9. The number of nitrogens with one attached hydrogen (secondary N) is 1. The summed E-state index contributed by atoms with van der Waals surface area (Å²) in [5.41, 5.74) is 1.79. The van der Waals surface area contributed by atoms with Gasteiger partial charge in [0.05, 0.1) is 17.9 Å². The number of amides is 1. The number of benzene rings is 1. The summed E-state index contributed by atoms with van der Waals surface area (Å²) in [5.74, 6) is -0.112. The Labute approximate surface area is 202 Å². The molecule has 4 aromatic rings. The molecule has 8 nitrogen and oxygen atoms in total. The lowest BCUT2D eigenvalue weighted by Crippen LogP contribution is -2.33. The number of thiophene rings is 1. The van der Waals surface area contributed by atoms with Gasteiger partial charge < -0.3 is 5.32 Å². The van der Waals surface area contributed by atoms with Crippen LogP contribution >= 0.6 is 27.3 Å². The van der Waals surface area contributed by atoms with Crippen molar-refractivity contribution in [3.63, 3.8) is 0 Å². The van der Waals surface area contributed by atoms with Crippen molar-refractivity contribution in [2.24, 2.45) is 7.05 Å². The number of aromatic nitrogens is 4. The van der Waals surface area contributed by atoms with Gasteiger partial charge in [-0.15, -0.1) is 11.3 Å². The van der Waals surface area contributed by atoms with Crippen molar-refractivity contribution in [3.8, 4) is 17.2 Å². The van der Waals surface area contributed by atoms with Gasteiger partial charge in [0.15, 0.2) is 0 Å². The summed E-state index contributed by atoms with van der Waals surface area (Å²) in [7, 11) is 1.64. The van der Waals surface area contributed by atoms with Crippen LogP contribution in [0.2, 0.25) is 0 Å². The van der Waals surface area contributed by atoms with Gasteiger partial charge in [0.1, 0.15) is 28.3 Å². The summed E-state index contributed by atoms with van der Waals surface area (Å²) in [4.78, 5) is 33.1. The predicted molar refractivity (Wildman–Crippen MR) is 132 cm³/mol. The Bertz CT molecular complexity index is 1440. The third-order valence-electron chi connectivity index (χ3n) is 5.49. The second-order valence-electron chi connectivity index (χ2n) is 7.45. The van der Waals surface area contributed by atoms with Crippen molar-refractivity contribution in [2.45, 2.75) is 32.7 Å². The van der Waals surface area contributed by atoms with E-state index in [0.717, 1.165) is 26.9 Å². The van der Waals surface area contributed by atoms with Gasteiger partial charge in [0.25, 0.3) is 5.56 Å². The summed E-state index contributed by atoms with van der Waals surface area (Å²) in [5, 5.41) is 16.6. The number of hydrogen-bond donors (Lipinski definition) is 1. The first kappa shape index (κ1) is 22.9. The van der Waals surface area contributed by atoms with E-state index in [-0.39, 0.29) is 11.1 Å². The second-order valence-corrected chi connectivity index (χ2v) is 9.45. The number of nitriles is 1. The molecule has 0 bridgehead atoms. The van der Waals surface area contributed by atoms with E-state index in [4.69, 9.17) is 0 Å². The van der Waals surface area contributed by atoms with Crippen molar-refractivity contribution < 1.29 is 4.79 Å². The minimum absolute atomic E-state index is 0.254. The predicted octanol–water partition coefficient (Wildman–Crippen LogP) is 4.64. The molecule has 0 fully saturated rings. The zero-order valence-corrected chi connectivity index (χ0v) is 20.7. The maximum Gasteiger partial charge on any atom is 0.263 e. The number of rotatable bonds is 6. The third-order valence-corrected chi connectivity index (χ3v) is 7.26. The van der Waals surface area contributed by atoms with Crippen LogP contribution in [-0.2, 0) is 18.3 Å². The molecule has 0 aliphatic heterocycles. The Hall–Kier alpha value is -3.29. The number of carbonyl (C=O) groups excluding carboxylic acids is 1. The molecule has 1 amide bonds. The SMILES string of the molecule is CCc1sc2ncn(C(CC)C(=O)Nc3c(C#N)cnn3C)c(=O)c2c1-c1ccc(Br)cc1. The van der Waals surface area contributed by atoms with Crippen LogP contribution in [0.3, 0.4) is 0 Å². The Kier molecular flexibility index (Phi) is 6.44. The number of fused-ring (bicyclic) bond motifs is 1. The van der Waals surface area contributed by atoms with Gasteiger partial charge in [-0.1, -0.05) is 41.9 Å². The standard InChI is InChI=1S/C23H21BrN6O2S/c1-4-16(21(31)28-20-14(10-25)11-27-29(20)3)30-12-26-22-19(23(30)32)18(17(5-2)33-22)13-6-8-15(24)9-7-13/h6-9,11-12,16H,4-5H2,1-3H3,(H,28,31). The van der Waals surface area contributed by atoms with E-state index >= 15 is 0 Å². The lowest BCUT2D eigenvalue weighted by Gasteiger charge is -2.18. The molecule has 3 heterocycles. The number of halogens is 1. The van der Waals surface area contributed by atoms with E-state index < -0.39 is 11.9 Å². The number of nitrogens with zero attached hydrogens (tertiary/aromatic N) is 5. The molecule has 1 N–H and O–H groups in total. The Morgan fingerprint density at radius 1 is 1.30 bits per heavy atom. The average Bonchev–Trinajstić information content (AvgIpc) is 3.37. The molecule has 3 aromatic heterocycles. The lowest BCUT2D eigenvalue weighted by atomic mass is 10.0. The molecule has 1 unspecified atom stereocenters.